The molecule has 1 heterocycles. The van der Waals surface area contributed by atoms with E-state index >= 15 is 0 Å². The normalized spacial score (nSPS) is 10.7. The molecule has 0 aliphatic rings. The van der Waals surface area contributed by atoms with E-state index in [1.54, 1.807) is 11.8 Å². The van der Waals surface area contributed by atoms with Gasteiger partial charge in [0.1, 0.15) is 0 Å². The molecule has 5 heteroatoms. The molecule has 0 aliphatic heterocycles. The number of hydrogen-bond acceptors (Lipinski definition) is 4. The predicted octanol–water partition coefficient (Wildman–Crippen LogP) is 5.43. The monoisotopic (exact) mass is 362 g/mol. The molecule has 0 saturated heterocycles. The van der Waals surface area contributed by atoms with Crippen molar-refractivity contribution in [2.45, 2.75) is 16.2 Å². The molecule has 0 spiro atoms. The number of aromatic nitrogens is 2. The third-order valence-corrected chi connectivity index (χ3v) is 5.02. The summed E-state index contributed by atoms with van der Waals surface area (Å²) in [5, 5.41) is 0. The first-order chi connectivity index (χ1) is 9.70. The summed E-state index contributed by atoms with van der Waals surface area (Å²) in [6.45, 7) is 2.09. The second-order valence-corrected chi connectivity index (χ2v) is 7.29. The van der Waals surface area contributed by atoms with Gasteiger partial charge in [0.15, 0.2) is 10.2 Å². The van der Waals surface area contributed by atoms with Gasteiger partial charge in [0.2, 0.25) is 0 Å². The van der Waals surface area contributed by atoms with Gasteiger partial charge < -0.3 is 0 Å². The van der Waals surface area contributed by atoms with Gasteiger partial charge in [-0.3, -0.25) is 0 Å². The van der Waals surface area contributed by atoms with Crippen LogP contribution < -0.4 is 0 Å². The van der Waals surface area contributed by atoms with Gasteiger partial charge in [-0.2, -0.15) is 4.37 Å². The number of nitrogens with zero attached hydrogens (tertiary/aromatic N) is 2. The van der Waals surface area contributed by atoms with Gasteiger partial charge >= 0.3 is 0 Å². The fourth-order valence-electron chi connectivity index (χ4n) is 1.67. The van der Waals surface area contributed by atoms with Crippen LogP contribution in [0.15, 0.2) is 62.2 Å². The van der Waals surface area contributed by atoms with Crippen molar-refractivity contribution >= 4 is 39.2 Å². The minimum atomic E-state index is 0.789. The van der Waals surface area contributed by atoms with Crippen LogP contribution in [-0.2, 0) is 0 Å². The van der Waals surface area contributed by atoms with E-state index in [-0.39, 0.29) is 0 Å². The molecule has 0 saturated carbocycles. The number of halogens is 1. The van der Waals surface area contributed by atoms with Gasteiger partial charge in [0.05, 0.1) is 0 Å². The standard InChI is InChI=1S/C15H11BrN2S2/c1-10-2-8-13(9-3-10)19-15-17-14(18-20-15)11-4-6-12(16)7-5-11/h2-9H,1H3. The molecule has 20 heavy (non-hydrogen) atoms. The first-order valence-electron chi connectivity index (χ1n) is 6.05. The third kappa shape index (κ3) is 3.29. The third-order valence-electron chi connectivity index (χ3n) is 2.74. The minimum absolute atomic E-state index is 0.789. The number of benzene rings is 2. The fraction of sp³-hybridized carbons (Fsp3) is 0.0667. The zero-order valence-corrected chi connectivity index (χ0v) is 13.9. The van der Waals surface area contributed by atoms with Crippen LogP contribution in [0.4, 0.5) is 0 Å². The van der Waals surface area contributed by atoms with E-state index in [0.717, 1.165) is 20.2 Å². The van der Waals surface area contributed by atoms with E-state index in [0.29, 0.717) is 0 Å². The molecule has 0 amide bonds. The number of aryl methyl sites for hydroxylation is 1. The van der Waals surface area contributed by atoms with Crippen LogP contribution in [-0.4, -0.2) is 9.36 Å². The molecule has 0 bridgehead atoms. The molecule has 100 valence electrons. The molecule has 0 N–H and O–H groups in total. The zero-order valence-electron chi connectivity index (χ0n) is 10.7. The molecular formula is C15H11BrN2S2. The molecular weight excluding hydrogens is 352 g/mol. The van der Waals surface area contributed by atoms with Crippen LogP contribution >= 0.6 is 39.2 Å². The lowest BCUT2D eigenvalue weighted by Crippen LogP contribution is -1.80. The highest BCUT2D eigenvalue weighted by molar-refractivity contribution is 9.10. The van der Waals surface area contributed by atoms with Crippen molar-refractivity contribution < 1.29 is 0 Å². The maximum absolute atomic E-state index is 4.58. The maximum Gasteiger partial charge on any atom is 0.175 e. The van der Waals surface area contributed by atoms with Gasteiger partial charge in [0, 0.05) is 14.9 Å². The lowest BCUT2D eigenvalue weighted by Gasteiger charge is -1.97. The maximum atomic E-state index is 4.58. The largest absolute Gasteiger partial charge is 0.208 e. The van der Waals surface area contributed by atoms with Crippen molar-refractivity contribution in [2.24, 2.45) is 0 Å². The van der Waals surface area contributed by atoms with Crippen LogP contribution in [0, 0.1) is 6.92 Å². The Hall–Kier alpha value is -1.17. The van der Waals surface area contributed by atoms with Crippen molar-refractivity contribution in [2.75, 3.05) is 0 Å². The average molecular weight is 363 g/mol. The van der Waals surface area contributed by atoms with E-state index in [1.165, 1.54) is 22.0 Å². The molecule has 0 aliphatic carbocycles. The quantitative estimate of drug-likeness (QED) is 0.621. The summed E-state index contributed by atoms with van der Waals surface area (Å²) < 4.78 is 6.45. The molecule has 3 rings (SSSR count). The van der Waals surface area contributed by atoms with Crippen molar-refractivity contribution in [1.82, 2.24) is 9.36 Å². The lowest BCUT2D eigenvalue weighted by atomic mass is 10.2. The molecule has 3 aromatic rings. The Bertz CT molecular complexity index is 705. The fourth-order valence-corrected chi connectivity index (χ4v) is 3.53. The highest BCUT2D eigenvalue weighted by atomic mass is 79.9. The lowest BCUT2D eigenvalue weighted by molar-refractivity contribution is 1.21. The minimum Gasteiger partial charge on any atom is -0.208 e. The predicted molar refractivity (Wildman–Crippen MR) is 88.3 cm³/mol. The van der Waals surface area contributed by atoms with Crippen LogP contribution in [0.25, 0.3) is 11.4 Å². The average Bonchev–Trinajstić information content (AvgIpc) is 2.91. The Morgan fingerprint density at radius 2 is 1.70 bits per heavy atom. The molecule has 0 radical (unpaired) electrons. The second kappa shape index (κ2) is 6.08. The first-order valence-corrected chi connectivity index (χ1v) is 8.43. The van der Waals surface area contributed by atoms with Gasteiger partial charge in [0.25, 0.3) is 0 Å². The zero-order chi connectivity index (χ0) is 13.9. The SMILES string of the molecule is Cc1ccc(Sc2nc(-c3ccc(Br)cc3)ns2)cc1. The topological polar surface area (TPSA) is 25.8 Å². The van der Waals surface area contributed by atoms with Crippen molar-refractivity contribution in [3.05, 3.63) is 58.6 Å². The van der Waals surface area contributed by atoms with Crippen LogP contribution in [0.5, 0.6) is 0 Å². The van der Waals surface area contributed by atoms with Crippen molar-refractivity contribution in [3.63, 3.8) is 0 Å². The van der Waals surface area contributed by atoms with Crippen LogP contribution in [0.2, 0.25) is 0 Å². The molecule has 2 aromatic carbocycles. The van der Waals surface area contributed by atoms with E-state index in [1.807, 2.05) is 24.3 Å². The van der Waals surface area contributed by atoms with Crippen LogP contribution in [0.3, 0.4) is 0 Å². The van der Waals surface area contributed by atoms with Crippen molar-refractivity contribution in [3.8, 4) is 11.4 Å². The molecule has 2 nitrogen and oxygen atoms in total. The number of hydrogen-bond donors (Lipinski definition) is 0. The Morgan fingerprint density at radius 3 is 2.40 bits per heavy atom. The van der Waals surface area contributed by atoms with Gasteiger partial charge in [-0.1, -0.05) is 57.5 Å². The van der Waals surface area contributed by atoms with Gasteiger partial charge in [-0.15, -0.1) is 0 Å². The highest BCUT2D eigenvalue weighted by Crippen LogP contribution is 2.31. The summed E-state index contributed by atoms with van der Waals surface area (Å²) in [4.78, 5) is 5.77. The van der Waals surface area contributed by atoms with Crippen LogP contribution in [0.1, 0.15) is 5.56 Å². The van der Waals surface area contributed by atoms with Gasteiger partial charge in [-0.25, -0.2) is 4.98 Å². The Labute approximate surface area is 134 Å². The second-order valence-electron chi connectivity index (χ2n) is 4.31. The number of rotatable bonds is 3. The summed E-state index contributed by atoms with van der Waals surface area (Å²) in [6, 6.07) is 16.5. The summed E-state index contributed by atoms with van der Waals surface area (Å²) >= 11 is 6.52. The van der Waals surface area contributed by atoms with E-state index in [2.05, 4.69) is 56.5 Å². The summed E-state index contributed by atoms with van der Waals surface area (Å²) in [5.41, 5.74) is 2.31. The van der Waals surface area contributed by atoms with E-state index in [4.69, 9.17) is 0 Å². The smallest absolute Gasteiger partial charge is 0.175 e. The van der Waals surface area contributed by atoms with E-state index in [9.17, 15) is 0 Å². The molecule has 0 atom stereocenters. The first kappa shape index (κ1) is 13.8. The molecule has 0 unspecified atom stereocenters. The summed E-state index contributed by atoms with van der Waals surface area (Å²) in [5.74, 6) is 0.789. The van der Waals surface area contributed by atoms with E-state index < -0.39 is 0 Å². The Morgan fingerprint density at radius 1 is 1.00 bits per heavy atom. The Kier molecular flexibility index (Phi) is 4.19. The molecule has 1 aromatic heterocycles. The van der Waals surface area contributed by atoms with Crippen molar-refractivity contribution in [1.29, 1.82) is 0 Å². The molecule has 0 fully saturated rings. The summed E-state index contributed by atoms with van der Waals surface area (Å²) in [7, 11) is 0. The summed E-state index contributed by atoms with van der Waals surface area (Å²) in [6.07, 6.45) is 0. The highest BCUT2D eigenvalue weighted by Gasteiger charge is 2.07. The van der Waals surface area contributed by atoms with Gasteiger partial charge in [-0.05, 0) is 42.7 Å². The Balaban J connectivity index is 1.80.